The largest absolute Gasteiger partial charge is 0.394 e. The van der Waals surface area contributed by atoms with Gasteiger partial charge >= 0.3 is 0 Å². The van der Waals surface area contributed by atoms with Gasteiger partial charge in [-0.1, -0.05) is 13.8 Å². The number of rotatable bonds is 5. The number of nitrogens with zero attached hydrogens (tertiary/aromatic N) is 1. The van der Waals surface area contributed by atoms with Gasteiger partial charge in [-0.2, -0.15) is 0 Å². The van der Waals surface area contributed by atoms with E-state index in [2.05, 4.69) is 10.3 Å². The minimum atomic E-state index is -0.289. The maximum Gasteiger partial charge on any atom is 0.189 e. The van der Waals surface area contributed by atoms with Gasteiger partial charge in [0.1, 0.15) is 0 Å². The second-order valence-electron chi connectivity index (χ2n) is 4.02. The van der Waals surface area contributed by atoms with Crippen LogP contribution in [0.5, 0.6) is 0 Å². The number of hydrogen-bond acceptors (Lipinski definition) is 2. The lowest BCUT2D eigenvalue weighted by molar-refractivity contribution is 0.169. The van der Waals surface area contributed by atoms with Gasteiger partial charge in [-0.15, -0.1) is 0 Å². The van der Waals surface area contributed by atoms with E-state index in [1.807, 2.05) is 13.8 Å². The topological polar surface area (TPSA) is 70.6 Å². The number of hydrogen-bond donors (Lipinski definition) is 3. The maximum atomic E-state index is 9.30. The second-order valence-corrected chi connectivity index (χ2v) is 4.02. The van der Waals surface area contributed by atoms with Crippen molar-refractivity contribution in [3.05, 3.63) is 0 Å². The molecular weight excluding hydrogens is 178 g/mol. The zero-order valence-corrected chi connectivity index (χ0v) is 9.08. The molecule has 0 heterocycles. The summed E-state index contributed by atoms with van der Waals surface area (Å²) >= 11 is 0. The van der Waals surface area contributed by atoms with Gasteiger partial charge < -0.3 is 16.2 Å². The van der Waals surface area contributed by atoms with Crippen LogP contribution in [0.1, 0.15) is 39.5 Å². The first-order valence-corrected chi connectivity index (χ1v) is 5.38. The summed E-state index contributed by atoms with van der Waals surface area (Å²) in [6, 6.07) is 0.424. The van der Waals surface area contributed by atoms with Crippen molar-refractivity contribution in [3.8, 4) is 0 Å². The fourth-order valence-corrected chi connectivity index (χ4v) is 1.39. The van der Waals surface area contributed by atoms with Crippen molar-refractivity contribution >= 4 is 5.96 Å². The Morgan fingerprint density at radius 2 is 2.07 bits per heavy atom. The summed E-state index contributed by atoms with van der Waals surface area (Å²) in [5, 5.41) is 12.4. The number of aliphatic hydroxyl groups excluding tert-OH is 1. The van der Waals surface area contributed by atoms with Crippen LogP contribution in [0, 0.1) is 0 Å². The number of nitrogens with one attached hydrogen (secondary N) is 1. The predicted molar refractivity (Wildman–Crippen MR) is 58.2 cm³/mol. The van der Waals surface area contributed by atoms with Crippen LogP contribution in [-0.2, 0) is 0 Å². The van der Waals surface area contributed by atoms with Gasteiger partial charge in [-0.3, -0.25) is 4.99 Å². The zero-order chi connectivity index (χ0) is 10.6. The molecule has 1 aliphatic rings. The highest BCUT2D eigenvalue weighted by molar-refractivity contribution is 5.79. The summed E-state index contributed by atoms with van der Waals surface area (Å²) in [6.45, 7) is 4.18. The van der Waals surface area contributed by atoms with Gasteiger partial charge in [-0.05, 0) is 25.7 Å². The molecule has 1 aliphatic carbocycles. The predicted octanol–water partition coefficient (Wildman–Crippen LogP) is 0.604. The average molecular weight is 199 g/mol. The normalized spacial score (nSPS) is 18.4. The molecule has 0 saturated heterocycles. The molecule has 0 aromatic carbocycles. The van der Waals surface area contributed by atoms with Crippen molar-refractivity contribution in [2.45, 2.75) is 51.1 Å². The van der Waals surface area contributed by atoms with Crippen LogP contribution in [0.2, 0.25) is 0 Å². The summed E-state index contributed by atoms with van der Waals surface area (Å²) in [7, 11) is 0. The van der Waals surface area contributed by atoms with Crippen LogP contribution in [-0.4, -0.2) is 29.3 Å². The third-order valence-electron chi connectivity index (χ3n) is 2.92. The van der Waals surface area contributed by atoms with E-state index in [0.29, 0.717) is 12.0 Å². The van der Waals surface area contributed by atoms with Crippen LogP contribution < -0.4 is 11.1 Å². The fourth-order valence-electron chi connectivity index (χ4n) is 1.39. The van der Waals surface area contributed by atoms with Gasteiger partial charge in [0.2, 0.25) is 0 Å². The molecule has 0 radical (unpaired) electrons. The molecule has 4 heteroatoms. The summed E-state index contributed by atoms with van der Waals surface area (Å²) in [5.41, 5.74) is 5.47. The zero-order valence-electron chi connectivity index (χ0n) is 9.08. The molecule has 82 valence electrons. The van der Waals surface area contributed by atoms with Crippen LogP contribution in [0.4, 0.5) is 0 Å². The van der Waals surface area contributed by atoms with Crippen molar-refractivity contribution < 1.29 is 5.11 Å². The summed E-state index contributed by atoms with van der Waals surface area (Å²) in [6.07, 6.45) is 3.99. The lowest BCUT2D eigenvalue weighted by Gasteiger charge is -2.31. The van der Waals surface area contributed by atoms with Crippen molar-refractivity contribution in [2.24, 2.45) is 10.7 Å². The minimum absolute atomic E-state index is 0.0981. The fraction of sp³-hybridized carbons (Fsp3) is 0.900. The van der Waals surface area contributed by atoms with Gasteiger partial charge in [0, 0.05) is 0 Å². The Kier molecular flexibility index (Phi) is 3.75. The monoisotopic (exact) mass is 199 g/mol. The van der Waals surface area contributed by atoms with E-state index >= 15 is 0 Å². The van der Waals surface area contributed by atoms with Crippen LogP contribution in [0.15, 0.2) is 4.99 Å². The first kappa shape index (κ1) is 11.3. The Morgan fingerprint density at radius 1 is 1.50 bits per heavy atom. The van der Waals surface area contributed by atoms with Crippen molar-refractivity contribution in [2.75, 3.05) is 6.61 Å². The molecule has 0 amide bonds. The SMILES string of the molecule is CCC(CC)(CO)NC(N)=NC1CC1. The summed E-state index contributed by atoms with van der Waals surface area (Å²) in [5.74, 6) is 0.477. The highest BCUT2D eigenvalue weighted by Crippen LogP contribution is 2.23. The standard InChI is InChI=1S/C10H21N3O/c1-3-10(4-2,7-14)13-9(11)12-8-5-6-8/h8,14H,3-7H2,1-2H3,(H3,11,12,13). The highest BCUT2D eigenvalue weighted by atomic mass is 16.3. The third kappa shape index (κ3) is 2.87. The van der Waals surface area contributed by atoms with E-state index < -0.39 is 0 Å². The maximum absolute atomic E-state index is 9.30. The van der Waals surface area contributed by atoms with Crippen LogP contribution >= 0.6 is 0 Å². The number of guanidine groups is 1. The Bertz CT molecular complexity index is 199. The quantitative estimate of drug-likeness (QED) is 0.448. The number of aliphatic hydroxyl groups is 1. The highest BCUT2D eigenvalue weighted by Gasteiger charge is 2.27. The summed E-state index contributed by atoms with van der Waals surface area (Å²) < 4.78 is 0. The Labute approximate surface area is 85.6 Å². The molecule has 1 saturated carbocycles. The molecule has 4 N–H and O–H groups in total. The summed E-state index contributed by atoms with van der Waals surface area (Å²) in [4.78, 5) is 4.29. The molecule has 0 aromatic rings. The number of nitrogens with two attached hydrogens (primary N) is 1. The minimum Gasteiger partial charge on any atom is -0.394 e. The molecule has 0 bridgehead atoms. The molecule has 0 spiro atoms. The molecule has 0 aliphatic heterocycles. The van der Waals surface area contributed by atoms with E-state index in [9.17, 15) is 5.11 Å². The Morgan fingerprint density at radius 3 is 2.43 bits per heavy atom. The first-order valence-electron chi connectivity index (χ1n) is 5.38. The van der Waals surface area contributed by atoms with Crippen LogP contribution in [0.3, 0.4) is 0 Å². The molecule has 0 atom stereocenters. The first-order chi connectivity index (χ1) is 6.65. The molecule has 14 heavy (non-hydrogen) atoms. The molecule has 4 nitrogen and oxygen atoms in total. The lowest BCUT2D eigenvalue weighted by Crippen LogP contribution is -2.53. The molecular formula is C10H21N3O. The van der Waals surface area contributed by atoms with Crippen molar-refractivity contribution in [3.63, 3.8) is 0 Å². The van der Waals surface area contributed by atoms with Gasteiger partial charge in [-0.25, -0.2) is 0 Å². The van der Waals surface area contributed by atoms with Crippen LogP contribution in [0.25, 0.3) is 0 Å². The van der Waals surface area contributed by atoms with E-state index in [-0.39, 0.29) is 12.1 Å². The average Bonchev–Trinajstić information content (AvgIpc) is 2.98. The van der Waals surface area contributed by atoms with E-state index in [0.717, 1.165) is 25.7 Å². The van der Waals surface area contributed by atoms with E-state index in [4.69, 9.17) is 5.73 Å². The van der Waals surface area contributed by atoms with Crippen molar-refractivity contribution in [1.82, 2.24) is 5.32 Å². The van der Waals surface area contributed by atoms with E-state index in [1.165, 1.54) is 0 Å². The van der Waals surface area contributed by atoms with Gasteiger partial charge in [0.25, 0.3) is 0 Å². The lowest BCUT2D eigenvalue weighted by atomic mass is 9.94. The molecule has 1 fully saturated rings. The molecule has 0 aromatic heterocycles. The van der Waals surface area contributed by atoms with Crippen molar-refractivity contribution in [1.29, 1.82) is 0 Å². The van der Waals surface area contributed by atoms with Gasteiger partial charge in [0.05, 0.1) is 18.2 Å². The smallest absolute Gasteiger partial charge is 0.189 e. The molecule has 0 unspecified atom stereocenters. The van der Waals surface area contributed by atoms with E-state index in [1.54, 1.807) is 0 Å². The second kappa shape index (κ2) is 4.64. The Balaban J connectivity index is 2.52. The Hall–Kier alpha value is -0.770. The number of aliphatic imine (C=N–C) groups is 1. The third-order valence-corrected chi connectivity index (χ3v) is 2.92. The van der Waals surface area contributed by atoms with Gasteiger partial charge in [0.15, 0.2) is 5.96 Å². The molecule has 1 rings (SSSR count).